The fourth-order valence-corrected chi connectivity index (χ4v) is 1.13. The van der Waals surface area contributed by atoms with Crippen molar-refractivity contribution in [2.75, 3.05) is 0 Å². The summed E-state index contributed by atoms with van der Waals surface area (Å²) in [5, 5.41) is 18.8. The lowest BCUT2D eigenvalue weighted by Crippen LogP contribution is -2.08. The van der Waals surface area contributed by atoms with Crippen LogP contribution in [0, 0.1) is 21.4 Å². The molecule has 1 aromatic rings. The number of rotatable bonds is 1. The molecule has 0 unspecified atom stereocenters. The number of nitrogens with zero attached hydrogens (tertiary/aromatic N) is 3. The van der Waals surface area contributed by atoms with Gasteiger partial charge in [-0.05, 0) is 4.92 Å². The summed E-state index contributed by atoms with van der Waals surface area (Å²) in [6.07, 6.45) is -4.84. The van der Waals surface area contributed by atoms with Crippen molar-refractivity contribution >= 4 is 5.82 Å². The maximum atomic E-state index is 12.3. The van der Waals surface area contributed by atoms with Crippen molar-refractivity contribution in [3.05, 3.63) is 27.4 Å². The minimum Gasteiger partial charge on any atom is -0.358 e. The maximum Gasteiger partial charge on any atom is 0.424 e. The highest BCUT2D eigenvalue weighted by Crippen LogP contribution is 2.37. The first-order valence-electron chi connectivity index (χ1n) is 3.60. The fraction of sp³-hybridized carbons (Fsp3) is 0.286. The molecule has 0 amide bonds. The summed E-state index contributed by atoms with van der Waals surface area (Å²) in [4.78, 5) is 9.23. The van der Waals surface area contributed by atoms with E-state index in [2.05, 4.69) is 0 Å². The van der Waals surface area contributed by atoms with Gasteiger partial charge in [0.25, 0.3) is 0 Å². The average molecular weight is 219 g/mol. The van der Waals surface area contributed by atoms with Gasteiger partial charge in [0.2, 0.25) is 5.69 Å². The first-order chi connectivity index (χ1) is 6.79. The first kappa shape index (κ1) is 11.0. The van der Waals surface area contributed by atoms with E-state index in [9.17, 15) is 23.3 Å². The second-order valence-electron chi connectivity index (χ2n) is 2.69. The molecule has 0 aliphatic heterocycles. The van der Waals surface area contributed by atoms with E-state index in [4.69, 9.17) is 5.26 Å². The van der Waals surface area contributed by atoms with E-state index in [1.807, 2.05) is 0 Å². The Morgan fingerprint density at radius 2 is 2.13 bits per heavy atom. The third kappa shape index (κ3) is 1.76. The smallest absolute Gasteiger partial charge is 0.358 e. The summed E-state index contributed by atoms with van der Waals surface area (Å²) in [5.41, 5.74) is -1.82. The predicted octanol–water partition coefficient (Wildman–Crippen LogP) is 1.82. The lowest BCUT2D eigenvalue weighted by atomic mass is 10.3. The van der Waals surface area contributed by atoms with Crippen LogP contribution >= 0.6 is 0 Å². The van der Waals surface area contributed by atoms with Crippen LogP contribution in [-0.4, -0.2) is 9.49 Å². The maximum absolute atomic E-state index is 12.3. The third-order valence-corrected chi connectivity index (χ3v) is 1.79. The minimum absolute atomic E-state index is 0.408. The van der Waals surface area contributed by atoms with Gasteiger partial charge >= 0.3 is 12.0 Å². The molecule has 1 heterocycles. The molecule has 1 aromatic heterocycles. The highest BCUT2D eigenvalue weighted by atomic mass is 19.4. The average Bonchev–Trinajstić information content (AvgIpc) is 2.41. The van der Waals surface area contributed by atoms with Crippen LogP contribution < -0.4 is 0 Å². The topological polar surface area (TPSA) is 71.9 Å². The minimum atomic E-state index is -4.84. The summed E-state index contributed by atoms with van der Waals surface area (Å²) >= 11 is 0. The molecule has 0 fully saturated rings. The summed E-state index contributed by atoms with van der Waals surface area (Å²) in [7, 11) is 1.03. The van der Waals surface area contributed by atoms with Crippen molar-refractivity contribution in [2.45, 2.75) is 6.18 Å². The number of nitriles is 1. The van der Waals surface area contributed by atoms with Crippen LogP contribution in [0.4, 0.5) is 19.0 Å². The summed E-state index contributed by atoms with van der Waals surface area (Å²) in [6.45, 7) is 0. The van der Waals surface area contributed by atoms with Crippen LogP contribution in [0.2, 0.25) is 0 Å². The molecule has 0 N–H and O–H groups in total. The second kappa shape index (κ2) is 3.27. The zero-order chi connectivity index (χ0) is 11.8. The van der Waals surface area contributed by atoms with E-state index < -0.39 is 28.2 Å². The molecule has 0 aliphatic rings. The van der Waals surface area contributed by atoms with Crippen molar-refractivity contribution in [2.24, 2.45) is 7.05 Å². The van der Waals surface area contributed by atoms with E-state index in [0.29, 0.717) is 10.6 Å². The van der Waals surface area contributed by atoms with Gasteiger partial charge in [0.15, 0.2) is 5.56 Å². The first-order valence-corrected chi connectivity index (χ1v) is 3.60. The third-order valence-electron chi connectivity index (χ3n) is 1.79. The molecule has 0 saturated carbocycles. The van der Waals surface area contributed by atoms with Gasteiger partial charge in [-0.25, -0.2) is 4.57 Å². The number of hydrogen-bond donors (Lipinski definition) is 0. The zero-order valence-electron chi connectivity index (χ0n) is 7.37. The molecule has 15 heavy (non-hydrogen) atoms. The zero-order valence-corrected chi connectivity index (χ0v) is 7.37. The SMILES string of the molecule is Cn1c(C#N)cc(C(F)(F)F)c1[N+](=O)[O-]. The summed E-state index contributed by atoms with van der Waals surface area (Å²) in [6, 6.07) is 1.90. The number of alkyl halides is 3. The molecule has 0 atom stereocenters. The molecule has 0 aromatic carbocycles. The molecule has 0 spiro atoms. The highest BCUT2D eigenvalue weighted by Gasteiger charge is 2.41. The van der Waals surface area contributed by atoms with E-state index in [1.165, 1.54) is 6.07 Å². The molecular weight excluding hydrogens is 215 g/mol. The lowest BCUT2D eigenvalue weighted by Gasteiger charge is -2.03. The molecule has 0 radical (unpaired) electrons. The van der Waals surface area contributed by atoms with Gasteiger partial charge in [0, 0.05) is 6.07 Å². The highest BCUT2D eigenvalue weighted by molar-refractivity contribution is 5.45. The molecule has 0 bridgehead atoms. The Morgan fingerprint density at radius 1 is 1.60 bits per heavy atom. The Morgan fingerprint density at radius 3 is 2.40 bits per heavy atom. The molecule has 8 heteroatoms. The van der Waals surface area contributed by atoms with E-state index in [0.717, 1.165) is 7.05 Å². The lowest BCUT2D eigenvalue weighted by molar-refractivity contribution is -0.394. The van der Waals surface area contributed by atoms with Gasteiger partial charge in [-0.2, -0.15) is 18.4 Å². The predicted molar refractivity (Wildman–Crippen MR) is 41.8 cm³/mol. The summed E-state index contributed by atoms with van der Waals surface area (Å²) in [5.74, 6) is -1.13. The van der Waals surface area contributed by atoms with Gasteiger partial charge in [0.1, 0.15) is 6.07 Å². The Hall–Kier alpha value is -2.04. The van der Waals surface area contributed by atoms with Gasteiger partial charge in [-0.3, -0.25) is 0 Å². The van der Waals surface area contributed by atoms with Gasteiger partial charge in [-0.1, -0.05) is 0 Å². The second-order valence-corrected chi connectivity index (χ2v) is 2.69. The molecule has 80 valence electrons. The Balaban J connectivity index is 3.54. The number of aromatic nitrogens is 1. The van der Waals surface area contributed by atoms with Crippen molar-refractivity contribution in [3.8, 4) is 6.07 Å². The largest absolute Gasteiger partial charge is 0.424 e. The quantitative estimate of drug-likeness (QED) is 0.534. The van der Waals surface area contributed by atoms with Gasteiger partial charge in [0.05, 0.1) is 7.05 Å². The monoisotopic (exact) mass is 219 g/mol. The summed E-state index contributed by atoms with van der Waals surface area (Å²) < 4.78 is 37.5. The van der Waals surface area contributed by atoms with Crippen molar-refractivity contribution < 1.29 is 18.1 Å². The van der Waals surface area contributed by atoms with Crippen LogP contribution in [0.5, 0.6) is 0 Å². The number of hydrogen-bond acceptors (Lipinski definition) is 3. The van der Waals surface area contributed by atoms with E-state index >= 15 is 0 Å². The van der Waals surface area contributed by atoms with Gasteiger partial charge in [-0.15, -0.1) is 0 Å². The fourth-order valence-electron chi connectivity index (χ4n) is 1.13. The molecule has 5 nitrogen and oxygen atoms in total. The van der Waals surface area contributed by atoms with Crippen molar-refractivity contribution in [1.82, 2.24) is 4.57 Å². The van der Waals surface area contributed by atoms with Crippen LogP contribution in [0.3, 0.4) is 0 Å². The van der Waals surface area contributed by atoms with Crippen LogP contribution in [-0.2, 0) is 13.2 Å². The Bertz CT molecular complexity index is 455. The van der Waals surface area contributed by atoms with Crippen LogP contribution in [0.1, 0.15) is 11.3 Å². The molecule has 1 rings (SSSR count). The standard InChI is InChI=1S/C7H4F3N3O2/c1-12-4(3-11)2-5(7(8,9)10)6(12)13(14)15/h2H,1H3. The molecule has 0 aliphatic carbocycles. The number of nitro groups is 1. The van der Waals surface area contributed by atoms with Crippen LogP contribution in [0.15, 0.2) is 6.07 Å². The van der Waals surface area contributed by atoms with E-state index in [1.54, 1.807) is 0 Å². The Labute approximate surface area is 81.5 Å². The van der Waals surface area contributed by atoms with E-state index in [-0.39, 0.29) is 0 Å². The Kier molecular flexibility index (Phi) is 2.41. The molecular formula is C7H4F3N3O2. The number of halogens is 3. The van der Waals surface area contributed by atoms with Crippen molar-refractivity contribution in [1.29, 1.82) is 5.26 Å². The van der Waals surface area contributed by atoms with Crippen LogP contribution in [0.25, 0.3) is 0 Å². The molecule has 0 saturated heterocycles. The van der Waals surface area contributed by atoms with Crippen molar-refractivity contribution in [3.63, 3.8) is 0 Å². The van der Waals surface area contributed by atoms with Gasteiger partial charge < -0.3 is 10.1 Å². The normalized spacial score (nSPS) is 11.1.